The van der Waals surface area contributed by atoms with Crippen molar-refractivity contribution >= 4 is 23.2 Å². The van der Waals surface area contributed by atoms with E-state index in [0.717, 1.165) is 55.6 Å². The number of hydrogen-bond acceptors (Lipinski definition) is 11. The van der Waals surface area contributed by atoms with Crippen LogP contribution < -0.4 is 16.0 Å². The van der Waals surface area contributed by atoms with E-state index in [0.29, 0.717) is 61.7 Å². The summed E-state index contributed by atoms with van der Waals surface area (Å²) in [6.07, 6.45) is 7.33. The number of aromatic nitrogens is 6. The molecule has 3 aromatic rings. The van der Waals surface area contributed by atoms with Crippen molar-refractivity contribution in [2.45, 2.75) is 70.2 Å². The smallest absolute Gasteiger partial charge is 0.200 e. The standard InChI is InChI=1S/C28H37ClN10O2/c1-19(15-41-16-27-36-38-39-37-27)33-20-5-7-21(8-6-20)34-26-13-22(23(29)14-31-26)24-3-2-4-25(35-24)32-18-28(17-30)9-11-40-12-10-28/h2-4,13-14,19-21,33H,5-12,15-16,18H2,1H3,(H,31,34)(H,32,35)(H,36,37,38,39). The number of tetrazole rings is 1. The molecular formula is C28H37ClN10O2. The number of halogens is 1. The van der Waals surface area contributed by atoms with Gasteiger partial charge in [-0.15, -0.1) is 10.2 Å². The number of H-pyrrole nitrogens is 1. The molecule has 1 saturated carbocycles. The first kappa shape index (κ1) is 29.1. The SMILES string of the molecule is CC(COCc1nn[nH]n1)NC1CCC(Nc2cc(-c3cccc(NCC4(C#N)CCOCC4)n3)c(Cl)cn2)CC1. The Morgan fingerprint density at radius 1 is 1.20 bits per heavy atom. The lowest BCUT2D eigenvalue weighted by Crippen LogP contribution is -2.43. The van der Waals surface area contributed by atoms with E-state index in [9.17, 15) is 5.26 Å². The molecule has 0 spiro atoms. The van der Waals surface area contributed by atoms with E-state index < -0.39 is 5.41 Å². The Kier molecular flexibility index (Phi) is 9.95. The second-order valence-electron chi connectivity index (χ2n) is 10.9. The van der Waals surface area contributed by atoms with Crippen LogP contribution in [0.15, 0.2) is 30.5 Å². The fourth-order valence-electron chi connectivity index (χ4n) is 5.38. The molecule has 2 fully saturated rings. The Morgan fingerprint density at radius 2 is 2.00 bits per heavy atom. The highest BCUT2D eigenvalue weighted by Crippen LogP contribution is 2.32. The molecule has 1 saturated heterocycles. The van der Waals surface area contributed by atoms with Gasteiger partial charge < -0.3 is 25.4 Å². The molecule has 5 rings (SSSR count). The van der Waals surface area contributed by atoms with Crippen molar-refractivity contribution in [1.29, 1.82) is 5.26 Å². The first-order chi connectivity index (χ1) is 20.0. The van der Waals surface area contributed by atoms with Crippen LogP contribution in [0.5, 0.6) is 0 Å². The maximum absolute atomic E-state index is 9.76. The van der Waals surface area contributed by atoms with Gasteiger partial charge in [0.1, 0.15) is 18.2 Å². The number of aromatic amines is 1. The van der Waals surface area contributed by atoms with Crippen molar-refractivity contribution < 1.29 is 9.47 Å². The third kappa shape index (κ3) is 8.10. The third-order valence-corrected chi connectivity index (χ3v) is 8.06. The quantitative estimate of drug-likeness (QED) is 0.245. The molecule has 4 N–H and O–H groups in total. The van der Waals surface area contributed by atoms with Gasteiger partial charge in [-0.25, -0.2) is 9.97 Å². The lowest BCUT2D eigenvalue weighted by Gasteiger charge is -2.32. The van der Waals surface area contributed by atoms with Crippen LogP contribution in [0.2, 0.25) is 5.02 Å². The number of rotatable bonds is 12. The monoisotopic (exact) mass is 580 g/mol. The van der Waals surface area contributed by atoms with Crippen LogP contribution in [0.3, 0.4) is 0 Å². The number of nitriles is 1. The third-order valence-electron chi connectivity index (χ3n) is 7.76. The summed E-state index contributed by atoms with van der Waals surface area (Å²) in [5.41, 5.74) is 1.14. The molecule has 1 aliphatic carbocycles. The Morgan fingerprint density at radius 3 is 2.76 bits per heavy atom. The molecule has 2 aliphatic rings. The van der Waals surface area contributed by atoms with Crippen molar-refractivity contribution in [2.75, 3.05) is 37.0 Å². The highest BCUT2D eigenvalue weighted by Gasteiger charge is 2.32. The Labute approximate surface area is 245 Å². The minimum Gasteiger partial charge on any atom is -0.381 e. The van der Waals surface area contributed by atoms with Gasteiger partial charge in [-0.3, -0.25) is 0 Å². The highest BCUT2D eigenvalue weighted by atomic mass is 35.5. The van der Waals surface area contributed by atoms with Crippen LogP contribution in [0.4, 0.5) is 11.6 Å². The van der Waals surface area contributed by atoms with Crippen molar-refractivity contribution in [2.24, 2.45) is 5.41 Å². The summed E-state index contributed by atoms with van der Waals surface area (Å²) in [6, 6.07) is 11.3. The minimum atomic E-state index is -0.433. The number of nitrogens with one attached hydrogen (secondary N) is 4. The van der Waals surface area contributed by atoms with Crippen LogP contribution in [-0.4, -0.2) is 75.1 Å². The zero-order valence-electron chi connectivity index (χ0n) is 23.3. The molecule has 0 amide bonds. The molecule has 12 nitrogen and oxygen atoms in total. The predicted octanol–water partition coefficient (Wildman–Crippen LogP) is 3.96. The zero-order chi connectivity index (χ0) is 28.5. The summed E-state index contributed by atoms with van der Waals surface area (Å²) in [5, 5.41) is 34.7. The maximum Gasteiger partial charge on any atom is 0.200 e. The topological polar surface area (TPSA) is 159 Å². The molecule has 4 heterocycles. The summed E-state index contributed by atoms with van der Waals surface area (Å²) >= 11 is 6.56. The van der Waals surface area contributed by atoms with Crippen LogP contribution >= 0.6 is 11.6 Å². The average Bonchev–Trinajstić information content (AvgIpc) is 3.52. The molecular weight excluding hydrogens is 544 g/mol. The van der Waals surface area contributed by atoms with Crippen molar-refractivity contribution in [3.05, 3.63) is 41.3 Å². The molecule has 13 heteroatoms. The molecule has 1 unspecified atom stereocenters. The van der Waals surface area contributed by atoms with Crippen molar-refractivity contribution in [3.63, 3.8) is 0 Å². The maximum atomic E-state index is 9.76. The summed E-state index contributed by atoms with van der Waals surface area (Å²) in [4.78, 5) is 9.33. The fraction of sp³-hybridized carbons (Fsp3) is 0.571. The molecule has 3 aromatic heterocycles. The Balaban J connectivity index is 1.11. The minimum absolute atomic E-state index is 0.233. The fourth-order valence-corrected chi connectivity index (χ4v) is 5.58. The van der Waals surface area contributed by atoms with Crippen molar-refractivity contribution in [3.8, 4) is 17.3 Å². The summed E-state index contributed by atoms with van der Waals surface area (Å²) in [5.74, 6) is 2.06. The van der Waals surface area contributed by atoms with Crippen molar-refractivity contribution in [1.82, 2.24) is 35.9 Å². The molecule has 218 valence electrons. The van der Waals surface area contributed by atoms with Gasteiger partial charge >= 0.3 is 0 Å². The van der Waals surface area contributed by atoms with E-state index in [1.165, 1.54) is 0 Å². The first-order valence-corrected chi connectivity index (χ1v) is 14.6. The van der Waals surface area contributed by atoms with Crippen LogP contribution in [0, 0.1) is 16.7 Å². The second kappa shape index (κ2) is 14.0. The van der Waals surface area contributed by atoms with Crippen LogP contribution in [0.1, 0.15) is 51.3 Å². The number of nitrogens with zero attached hydrogens (tertiary/aromatic N) is 6. The van der Waals surface area contributed by atoms with E-state index in [2.05, 4.69) is 54.6 Å². The zero-order valence-corrected chi connectivity index (χ0v) is 24.0. The van der Waals surface area contributed by atoms with Gasteiger partial charge in [-0.1, -0.05) is 22.9 Å². The molecule has 41 heavy (non-hydrogen) atoms. The van der Waals surface area contributed by atoms with E-state index >= 15 is 0 Å². The number of hydrogen-bond donors (Lipinski definition) is 4. The van der Waals surface area contributed by atoms with Crippen LogP contribution in [-0.2, 0) is 16.1 Å². The van der Waals surface area contributed by atoms with E-state index in [4.69, 9.17) is 26.1 Å². The summed E-state index contributed by atoms with van der Waals surface area (Å²) in [7, 11) is 0. The molecule has 0 radical (unpaired) electrons. The van der Waals surface area contributed by atoms with E-state index in [-0.39, 0.29) is 6.04 Å². The average molecular weight is 581 g/mol. The molecule has 0 bridgehead atoms. The van der Waals surface area contributed by atoms with E-state index in [1.54, 1.807) is 6.20 Å². The normalized spacial score (nSPS) is 21.1. The number of anilines is 2. The van der Waals surface area contributed by atoms with Gasteiger partial charge in [0.2, 0.25) is 0 Å². The lowest BCUT2D eigenvalue weighted by molar-refractivity contribution is 0.0455. The Hall–Kier alpha value is -3.37. The van der Waals surface area contributed by atoms with E-state index in [1.807, 2.05) is 24.3 Å². The number of ether oxygens (including phenoxy) is 2. The molecule has 0 aromatic carbocycles. The summed E-state index contributed by atoms with van der Waals surface area (Å²) < 4.78 is 11.1. The lowest BCUT2D eigenvalue weighted by atomic mass is 9.82. The predicted molar refractivity (Wildman–Crippen MR) is 155 cm³/mol. The first-order valence-electron chi connectivity index (χ1n) is 14.2. The van der Waals surface area contributed by atoms with Crippen LogP contribution in [0.25, 0.3) is 11.3 Å². The van der Waals surface area contributed by atoms with Gasteiger partial charge in [0.05, 0.1) is 28.8 Å². The van der Waals surface area contributed by atoms with Gasteiger partial charge in [-0.2, -0.15) is 10.5 Å². The largest absolute Gasteiger partial charge is 0.381 e. The van der Waals surface area contributed by atoms with Gasteiger partial charge in [0.25, 0.3) is 0 Å². The van der Waals surface area contributed by atoms with Gasteiger partial charge in [0.15, 0.2) is 5.82 Å². The Bertz CT molecular complexity index is 1290. The second-order valence-corrected chi connectivity index (χ2v) is 11.3. The molecule has 1 atom stereocenters. The highest BCUT2D eigenvalue weighted by molar-refractivity contribution is 6.33. The summed E-state index contributed by atoms with van der Waals surface area (Å²) in [6.45, 7) is 4.82. The van der Waals surface area contributed by atoms with Gasteiger partial charge in [0, 0.05) is 49.6 Å². The number of pyridine rings is 2. The molecule has 1 aliphatic heterocycles. The van der Waals surface area contributed by atoms with Gasteiger partial charge in [-0.05, 0) is 63.6 Å².